The van der Waals surface area contributed by atoms with E-state index in [1.165, 1.54) is 5.56 Å². The highest BCUT2D eigenvalue weighted by Crippen LogP contribution is 2.24. The van der Waals surface area contributed by atoms with Gasteiger partial charge in [0.15, 0.2) is 5.76 Å². The lowest BCUT2D eigenvalue weighted by molar-refractivity contribution is -0.150. The number of amides is 3. The van der Waals surface area contributed by atoms with Crippen molar-refractivity contribution in [1.29, 1.82) is 0 Å². The van der Waals surface area contributed by atoms with Crippen molar-refractivity contribution in [3.8, 4) is 22.8 Å². The standard InChI is InChI=1S/C35H35N5O4.C7H8O.CH3NO/c1-43-29-15-8-13-27(17-29)32-18-30(44-38-32)20-36-21-34(41)40-24-35(42)39(23-33(40)37-19-25-9-3-2-4-10-25)22-28-14-7-12-26-11-5-6-16-31(26)28;1-6-2-4-7(8)5-3-6;2-1-3/h2-18,33,36-37H,19-24H2,1H3;2-5,8H,1H3;1H,(H2,2,3). The van der Waals surface area contributed by atoms with E-state index in [1.807, 2.05) is 103 Å². The number of carbonyl (C=O) groups is 3. The molecule has 0 bridgehead atoms. The van der Waals surface area contributed by atoms with Crippen LogP contribution in [-0.2, 0) is 34.0 Å². The van der Waals surface area contributed by atoms with Gasteiger partial charge in [0.05, 0.1) is 26.7 Å². The number of hydrogen-bond acceptors (Lipinski definition) is 9. The SMILES string of the molecule is COc1cccc(-c2cc(CNCC(=O)N3CC(=O)N(Cc4cccc5ccccc45)CC3NCc3ccccc3)on2)c1.Cc1ccc(O)cc1.NC=O. The molecule has 7 rings (SSSR count). The molecule has 0 aliphatic carbocycles. The van der Waals surface area contributed by atoms with Crippen LogP contribution in [0.15, 0.2) is 132 Å². The first-order valence-corrected chi connectivity index (χ1v) is 17.8. The lowest BCUT2D eigenvalue weighted by atomic mass is 10.0. The second kappa shape index (κ2) is 20.1. The molecule has 1 aliphatic heterocycles. The average molecular weight is 743 g/mol. The summed E-state index contributed by atoms with van der Waals surface area (Å²) in [6, 6.07) is 40.9. The number of nitrogens with one attached hydrogen (secondary N) is 2. The van der Waals surface area contributed by atoms with E-state index in [-0.39, 0.29) is 37.5 Å². The quantitative estimate of drug-likeness (QED) is 0.128. The Balaban J connectivity index is 0.000000459. The predicted molar refractivity (Wildman–Crippen MR) is 211 cm³/mol. The number of fused-ring (bicyclic) bond motifs is 1. The minimum atomic E-state index is -0.345. The van der Waals surface area contributed by atoms with E-state index in [2.05, 4.69) is 45.8 Å². The molecule has 12 nitrogen and oxygen atoms in total. The molecule has 284 valence electrons. The Morgan fingerprint density at radius 1 is 0.945 bits per heavy atom. The van der Waals surface area contributed by atoms with E-state index in [9.17, 15) is 9.59 Å². The molecular weight excluding hydrogens is 697 g/mol. The molecule has 1 atom stereocenters. The van der Waals surface area contributed by atoms with Gasteiger partial charge in [0.1, 0.15) is 29.9 Å². The summed E-state index contributed by atoms with van der Waals surface area (Å²) < 4.78 is 10.8. The number of ether oxygens (including phenoxy) is 1. The summed E-state index contributed by atoms with van der Waals surface area (Å²) in [5.41, 5.74) is 9.09. The molecule has 1 saturated heterocycles. The molecule has 1 aromatic heterocycles. The first-order valence-electron chi connectivity index (χ1n) is 17.8. The number of phenolic OH excluding ortho intramolecular Hbond substituents is 1. The first kappa shape index (κ1) is 39.7. The van der Waals surface area contributed by atoms with E-state index in [1.54, 1.807) is 24.1 Å². The topological polar surface area (TPSA) is 163 Å². The minimum Gasteiger partial charge on any atom is -0.508 e. The number of benzene rings is 5. The molecule has 2 heterocycles. The number of methoxy groups -OCH3 is 1. The number of carbonyl (C=O) groups excluding carboxylic acids is 3. The Kier molecular flexibility index (Phi) is 14.5. The van der Waals surface area contributed by atoms with E-state index < -0.39 is 0 Å². The van der Waals surface area contributed by atoms with Crippen molar-refractivity contribution >= 4 is 29.0 Å². The number of hydrogen-bond donors (Lipinski definition) is 4. The van der Waals surface area contributed by atoms with Gasteiger partial charge in [0, 0.05) is 24.7 Å². The molecule has 6 aromatic rings. The molecule has 5 aromatic carbocycles. The smallest absolute Gasteiger partial charge is 0.242 e. The summed E-state index contributed by atoms with van der Waals surface area (Å²) in [7, 11) is 1.62. The van der Waals surface area contributed by atoms with Crippen molar-refractivity contribution < 1.29 is 28.8 Å². The normalized spacial score (nSPS) is 13.6. The number of aryl methyl sites for hydroxylation is 1. The Morgan fingerprint density at radius 3 is 2.40 bits per heavy atom. The zero-order chi connectivity index (χ0) is 39.0. The summed E-state index contributed by atoms with van der Waals surface area (Å²) in [5.74, 6) is 1.42. The molecule has 0 radical (unpaired) electrons. The van der Waals surface area contributed by atoms with Crippen molar-refractivity contribution in [1.82, 2.24) is 25.6 Å². The molecule has 55 heavy (non-hydrogen) atoms. The molecular formula is C43H46N6O6. The highest BCUT2D eigenvalue weighted by atomic mass is 16.5. The fourth-order valence-corrected chi connectivity index (χ4v) is 6.08. The largest absolute Gasteiger partial charge is 0.508 e. The Morgan fingerprint density at radius 2 is 1.65 bits per heavy atom. The summed E-state index contributed by atoms with van der Waals surface area (Å²) in [6.07, 6.45) is -0.0953. The Hall–Kier alpha value is -6.50. The molecule has 1 unspecified atom stereocenters. The Labute approximate surface area is 320 Å². The van der Waals surface area contributed by atoms with Gasteiger partial charge in [-0.3, -0.25) is 19.7 Å². The monoisotopic (exact) mass is 742 g/mol. The van der Waals surface area contributed by atoms with E-state index in [0.29, 0.717) is 43.4 Å². The van der Waals surface area contributed by atoms with Gasteiger partial charge in [0.25, 0.3) is 0 Å². The maximum Gasteiger partial charge on any atom is 0.242 e. The number of aromatic nitrogens is 1. The summed E-state index contributed by atoms with van der Waals surface area (Å²) in [4.78, 5) is 39.0. The molecule has 0 spiro atoms. The third-order valence-electron chi connectivity index (χ3n) is 8.91. The van der Waals surface area contributed by atoms with Crippen LogP contribution in [0.25, 0.3) is 22.0 Å². The maximum atomic E-state index is 13.5. The molecule has 1 aliphatic rings. The van der Waals surface area contributed by atoms with Crippen LogP contribution in [0.1, 0.15) is 22.5 Å². The first-order chi connectivity index (χ1) is 26.8. The van der Waals surface area contributed by atoms with Crippen LogP contribution in [0.2, 0.25) is 0 Å². The van der Waals surface area contributed by atoms with E-state index in [0.717, 1.165) is 33.2 Å². The summed E-state index contributed by atoms with van der Waals surface area (Å²) in [6.45, 7) is 3.79. The van der Waals surface area contributed by atoms with Crippen LogP contribution in [0.3, 0.4) is 0 Å². The molecule has 1 fully saturated rings. The van der Waals surface area contributed by atoms with Crippen LogP contribution >= 0.6 is 0 Å². The number of piperazine rings is 1. The van der Waals surface area contributed by atoms with Gasteiger partial charge in [-0.2, -0.15) is 0 Å². The van der Waals surface area contributed by atoms with Gasteiger partial charge in [-0.25, -0.2) is 0 Å². The van der Waals surface area contributed by atoms with Crippen LogP contribution < -0.4 is 21.1 Å². The second-order valence-electron chi connectivity index (χ2n) is 12.8. The van der Waals surface area contributed by atoms with Gasteiger partial charge in [-0.1, -0.05) is 108 Å². The number of nitrogens with zero attached hydrogens (tertiary/aromatic N) is 3. The number of phenols is 1. The fraction of sp³-hybridized carbons (Fsp3) is 0.209. The van der Waals surface area contributed by atoms with Crippen molar-refractivity contribution in [3.05, 3.63) is 150 Å². The van der Waals surface area contributed by atoms with Crippen LogP contribution in [0, 0.1) is 6.92 Å². The third kappa shape index (κ3) is 11.5. The number of primary amides is 1. The zero-order valence-electron chi connectivity index (χ0n) is 30.9. The van der Waals surface area contributed by atoms with Gasteiger partial charge in [-0.05, 0) is 53.1 Å². The summed E-state index contributed by atoms with van der Waals surface area (Å²) in [5, 5.41) is 21.9. The van der Waals surface area contributed by atoms with Gasteiger partial charge in [-0.15, -0.1) is 0 Å². The molecule has 0 saturated carbocycles. The average Bonchev–Trinajstić information content (AvgIpc) is 3.69. The van der Waals surface area contributed by atoms with E-state index in [4.69, 9.17) is 19.2 Å². The van der Waals surface area contributed by atoms with Gasteiger partial charge in [0.2, 0.25) is 18.2 Å². The second-order valence-corrected chi connectivity index (χ2v) is 12.8. The van der Waals surface area contributed by atoms with Crippen molar-refractivity contribution in [2.24, 2.45) is 5.73 Å². The zero-order valence-corrected chi connectivity index (χ0v) is 30.9. The highest BCUT2D eigenvalue weighted by Gasteiger charge is 2.34. The van der Waals surface area contributed by atoms with Crippen LogP contribution in [0.4, 0.5) is 0 Å². The molecule has 5 N–H and O–H groups in total. The van der Waals surface area contributed by atoms with E-state index >= 15 is 0 Å². The van der Waals surface area contributed by atoms with Crippen LogP contribution in [-0.4, -0.2) is 71.2 Å². The summed E-state index contributed by atoms with van der Waals surface area (Å²) >= 11 is 0. The van der Waals surface area contributed by atoms with Crippen molar-refractivity contribution in [2.45, 2.75) is 32.7 Å². The minimum absolute atomic E-state index is 0.0000313. The van der Waals surface area contributed by atoms with Crippen molar-refractivity contribution in [3.63, 3.8) is 0 Å². The number of nitrogens with two attached hydrogens (primary N) is 1. The highest BCUT2D eigenvalue weighted by molar-refractivity contribution is 5.89. The van der Waals surface area contributed by atoms with Crippen LogP contribution in [0.5, 0.6) is 11.5 Å². The molecule has 12 heteroatoms. The lowest BCUT2D eigenvalue weighted by Gasteiger charge is -2.41. The fourth-order valence-electron chi connectivity index (χ4n) is 6.08. The van der Waals surface area contributed by atoms with Crippen molar-refractivity contribution in [2.75, 3.05) is 26.7 Å². The molecule has 3 amide bonds. The number of rotatable bonds is 11. The third-order valence-corrected chi connectivity index (χ3v) is 8.91. The number of aromatic hydroxyl groups is 1. The lowest BCUT2D eigenvalue weighted by Crippen LogP contribution is -2.63. The van der Waals surface area contributed by atoms with Gasteiger partial charge < -0.3 is 35.2 Å². The maximum absolute atomic E-state index is 13.5. The predicted octanol–water partition coefficient (Wildman–Crippen LogP) is 5.38. The van der Waals surface area contributed by atoms with Gasteiger partial charge >= 0.3 is 0 Å². The Bertz CT molecular complexity index is 2110.